The Morgan fingerprint density at radius 3 is 2.40 bits per heavy atom. The maximum Gasteiger partial charge on any atom is 0.130 e. The fourth-order valence-electron chi connectivity index (χ4n) is 1.80. The van der Waals surface area contributed by atoms with Gasteiger partial charge < -0.3 is 5.32 Å². The van der Waals surface area contributed by atoms with Gasteiger partial charge in [0.1, 0.15) is 11.7 Å². The van der Waals surface area contributed by atoms with Crippen molar-refractivity contribution in [2.45, 2.75) is 26.8 Å². The summed E-state index contributed by atoms with van der Waals surface area (Å²) in [5, 5.41) is 3.14. The summed E-state index contributed by atoms with van der Waals surface area (Å²) in [4.78, 5) is 6.29. The Kier molecular flexibility index (Phi) is 6.12. The Morgan fingerprint density at radius 1 is 1.25 bits per heavy atom. The molecule has 3 nitrogen and oxygen atoms in total. The number of nitrogens with zero attached hydrogens (tertiary/aromatic N) is 2. The SMILES string of the molecule is C=C1C=CN=C(C(C)NC)N1c1ccc(F)cc1.CC. The third-order valence-electron chi connectivity index (χ3n) is 2.90. The van der Waals surface area contributed by atoms with E-state index in [2.05, 4.69) is 16.9 Å². The number of benzene rings is 1. The van der Waals surface area contributed by atoms with Crippen molar-refractivity contribution in [3.8, 4) is 0 Å². The Morgan fingerprint density at radius 2 is 1.85 bits per heavy atom. The monoisotopic (exact) mass is 275 g/mol. The zero-order chi connectivity index (χ0) is 15.1. The number of amidine groups is 1. The van der Waals surface area contributed by atoms with Gasteiger partial charge in [-0.05, 0) is 44.3 Å². The van der Waals surface area contributed by atoms with Crippen LogP contribution in [0, 0.1) is 5.82 Å². The van der Waals surface area contributed by atoms with Gasteiger partial charge in [0.15, 0.2) is 0 Å². The van der Waals surface area contributed by atoms with Crippen LogP contribution in [0.3, 0.4) is 0 Å². The van der Waals surface area contributed by atoms with Gasteiger partial charge in [0.25, 0.3) is 0 Å². The van der Waals surface area contributed by atoms with E-state index in [1.54, 1.807) is 18.3 Å². The summed E-state index contributed by atoms with van der Waals surface area (Å²) in [7, 11) is 1.87. The molecule has 1 unspecified atom stereocenters. The van der Waals surface area contributed by atoms with Crippen molar-refractivity contribution in [3.63, 3.8) is 0 Å². The minimum atomic E-state index is -0.253. The molecule has 1 N–H and O–H groups in total. The molecule has 4 heteroatoms. The van der Waals surface area contributed by atoms with E-state index in [0.717, 1.165) is 17.2 Å². The van der Waals surface area contributed by atoms with Crippen LogP contribution in [-0.2, 0) is 0 Å². The molecule has 1 aliphatic heterocycles. The Balaban J connectivity index is 0.000000956. The second kappa shape index (κ2) is 7.60. The number of likely N-dealkylation sites (N-methyl/N-ethyl adjacent to an activating group) is 1. The number of anilines is 1. The van der Waals surface area contributed by atoms with Crippen molar-refractivity contribution < 1.29 is 4.39 Å². The number of hydrogen-bond acceptors (Lipinski definition) is 3. The smallest absolute Gasteiger partial charge is 0.130 e. The molecule has 0 fully saturated rings. The number of allylic oxidation sites excluding steroid dienone is 1. The van der Waals surface area contributed by atoms with Gasteiger partial charge in [0.2, 0.25) is 0 Å². The first-order chi connectivity index (χ1) is 9.63. The van der Waals surface area contributed by atoms with Crippen LogP contribution < -0.4 is 10.2 Å². The molecule has 0 saturated carbocycles. The highest BCUT2D eigenvalue weighted by Crippen LogP contribution is 2.23. The lowest BCUT2D eigenvalue weighted by Gasteiger charge is -2.31. The molecule has 20 heavy (non-hydrogen) atoms. The van der Waals surface area contributed by atoms with Gasteiger partial charge in [0, 0.05) is 17.6 Å². The van der Waals surface area contributed by atoms with Crippen LogP contribution >= 0.6 is 0 Å². The number of aliphatic imine (C=N–C) groups is 1. The quantitative estimate of drug-likeness (QED) is 0.910. The summed E-state index contributed by atoms with van der Waals surface area (Å²) in [6.07, 6.45) is 3.56. The van der Waals surface area contributed by atoms with Crippen LogP contribution in [0.25, 0.3) is 0 Å². The van der Waals surface area contributed by atoms with Crippen LogP contribution in [0.4, 0.5) is 10.1 Å². The predicted octanol–water partition coefficient (Wildman–Crippen LogP) is 3.71. The second-order valence-electron chi connectivity index (χ2n) is 4.12. The first-order valence-corrected chi connectivity index (χ1v) is 6.79. The zero-order valence-electron chi connectivity index (χ0n) is 12.5. The van der Waals surface area contributed by atoms with Crippen molar-refractivity contribution >= 4 is 11.5 Å². The van der Waals surface area contributed by atoms with Gasteiger partial charge in [0.05, 0.1) is 6.04 Å². The van der Waals surface area contributed by atoms with Gasteiger partial charge in [-0.1, -0.05) is 20.4 Å². The molecule has 0 aromatic heterocycles. The standard InChI is InChI=1S/C14H16FN3.C2H6/c1-10-8-9-17-14(11(2)16-3)18(10)13-6-4-12(15)5-7-13;1-2/h4-9,11,16H,1H2,2-3H3;1-2H3. The van der Waals surface area contributed by atoms with Crippen molar-refractivity contribution in [3.05, 3.63) is 54.6 Å². The van der Waals surface area contributed by atoms with Gasteiger partial charge in [-0.3, -0.25) is 4.90 Å². The third-order valence-corrected chi connectivity index (χ3v) is 2.90. The van der Waals surface area contributed by atoms with Crippen molar-refractivity contribution in [1.82, 2.24) is 5.32 Å². The number of hydrogen-bond donors (Lipinski definition) is 1. The van der Waals surface area contributed by atoms with E-state index in [0.29, 0.717) is 0 Å². The summed E-state index contributed by atoms with van der Waals surface area (Å²) < 4.78 is 13.0. The summed E-state index contributed by atoms with van der Waals surface area (Å²) in [5.74, 6) is 0.591. The molecule has 1 aliphatic rings. The van der Waals surface area contributed by atoms with Gasteiger partial charge in [-0.25, -0.2) is 9.38 Å². The lowest BCUT2D eigenvalue weighted by molar-refractivity contribution is 0.628. The average Bonchev–Trinajstić information content (AvgIpc) is 2.49. The fourth-order valence-corrected chi connectivity index (χ4v) is 1.80. The minimum absolute atomic E-state index is 0.0803. The predicted molar refractivity (Wildman–Crippen MR) is 84.5 cm³/mol. The zero-order valence-corrected chi connectivity index (χ0v) is 12.5. The van der Waals surface area contributed by atoms with Crippen LogP contribution in [-0.4, -0.2) is 18.9 Å². The van der Waals surface area contributed by atoms with Crippen molar-refractivity contribution in [2.75, 3.05) is 11.9 Å². The van der Waals surface area contributed by atoms with E-state index >= 15 is 0 Å². The first kappa shape index (κ1) is 16.1. The minimum Gasteiger partial charge on any atom is -0.311 e. The van der Waals surface area contributed by atoms with Crippen LogP contribution in [0.5, 0.6) is 0 Å². The summed E-state index contributed by atoms with van der Waals surface area (Å²) in [6, 6.07) is 6.39. The maximum atomic E-state index is 13.0. The van der Waals surface area contributed by atoms with Gasteiger partial charge >= 0.3 is 0 Å². The largest absolute Gasteiger partial charge is 0.311 e. The first-order valence-electron chi connectivity index (χ1n) is 6.79. The molecule has 0 amide bonds. The molecule has 1 heterocycles. The molecule has 0 spiro atoms. The van der Waals surface area contributed by atoms with E-state index in [4.69, 9.17) is 0 Å². The van der Waals surface area contributed by atoms with Gasteiger partial charge in [-0.2, -0.15) is 0 Å². The highest BCUT2D eigenvalue weighted by molar-refractivity contribution is 6.05. The number of rotatable bonds is 3. The van der Waals surface area contributed by atoms with Gasteiger partial charge in [-0.15, -0.1) is 0 Å². The second-order valence-corrected chi connectivity index (χ2v) is 4.12. The van der Waals surface area contributed by atoms with Crippen molar-refractivity contribution in [2.24, 2.45) is 4.99 Å². The Bertz CT molecular complexity index is 503. The van der Waals surface area contributed by atoms with Crippen LogP contribution in [0.1, 0.15) is 20.8 Å². The van der Waals surface area contributed by atoms with Crippen LogP contribution in [0.15, 0.2) is 53.8 Å². The molecular weight excluding hydrogens is 253 g/mol. The highest BCUT2D eigenvalue weighted by atomic mass is 19.1. The third kappa shape index (κ3) is 3.54. The van der Waals surface area contributed by atoms with E-state index in [-0.39, 0.29) is 11.9 Å². The molecule has 2 rings (SSSR count). The molecule has 0 aliphatic carbocycles. The topological polar surface area (TPSA) is 27.6 Å². The molecule has 0 radical (unpaired) electrons. The van der Waals surface area contributed by atoms with Crippen LogP contribution in [0.2, 0.25) is 0 Å². The summed E-state index contributed by atoms with van der Waals surface area (Å²) in [6.45, 7) is 10.0. The van der Waals surface area contributed by atoms with E-state index in [1.165, 1.54) is 12.1 Å². The normalized spacial score (nSPS) is 15.3. The molecule has 1 aromatic rings. The van der Waals surface area contributed by atoms with Crippen molar-refractivity contribution in [1.29, 1.82) is 0 Å². The van der Waals surface area contributed by atoms with E-state index < -0.39 is 0 Å². The Labute approximate surface area is 120 Å². The molecule has 0 bridgehead atoms. The fraction of sp³-hybridized carbons (Fsp3) is 0.312. The lowest BCUT2D eigenvalue weighted by Crippen LogP contribution is -2.43. The summed E-state index contributed by atoms with van der Waals surface area (Å²) >= 11 is 0. The number of nitrogens with one attached hydrogen (secondary N) is 1. The molecule has 0 saturated heterocycles. The maximum absolute atomic E-state index is 13.0. The summed E-state index contributed by atoms with van der Waals surface area (Å²) in [5.41, 5.74) is 1.67. The molecular formula is C16H22FN3. The number of halogens is 1. The lowest BCUT2D eigenvalue weighted by atomic mass is 10.2. The van der Waals surface area contributed by atoms with E-state index in [9.17, 15) is 4.39 Å². The van der Waals surface area contributed by atoms with E-state index in [1.807, 2.05) is 38.8 Å². The molecule has 1 atom stereocenters. The molecule has 1 aromatic carbocycles. The average molecular weight is 275 g/mol. The Hall–Kier alpha value is -1.94. The highest BCUT2D eigenvalue weighted by Gasteiger charge is 2.22. The molecule has 108 valence electrons.